The number of nitrogens with one attached hydrogen (secondary N) is 1. The van der Waals surface area contributed by atoms with E-state index in [9.17, 15) is 4.79 Å². The summed E-state index contributed by atoms with van der Waals surface area (Å²) < 4.78 is 5.62. The van der Waals surface area contributed by atoms with Crippen LogP contribution in [0.2, 0.25) is 0 Å². The fraction of sp³-hybridized carbons (Fsp3) is 0.238. The van der Waals surface area contributed by atoms with Crippen LogP contribution in [0.5, 0.6) is 5.75 Å². The van der Waals surface area contributed by atoms with Gasteiger partial charge in [-0.25, -0.2) is 0 Å². The van der Waals surface area contributed by atoms with Crippen molar-refractivity contribution in [1.29, 1.82) is 0 Å². The molecule has 4 nitrogen and oxygen atoms in total. The molecule has 0 fully saturated rings. The van der Waals surface area contributed by atoms with E-state index in [0.717, 1.165) is 33.5 Å². The zero-order valence-corrected chi connectivity index (χ0v) is 14.8. The monoisotopic (exact) mass is 334 g/mol. The molecule has 128 valence electrons. The van der Waals surface area contributed by atoms with Gasteiger partial charge in [-0.2, -0.15) is 0 Å². The van der Waals surface area contributed by atoms with Gasteiger partial charge >= 0.3 is 0 Å². The number of nitrogens with zero attached hydrogens (tertiary/aromatic N) is 1. The lowest BCUT2D eigenvalue weighted by Gasteiger charge is -2.13. The van der Waals surface area contributed by atoms with E-state index in [0.29, 0.717) is 18.7 Å². The molecule has 4 heteroatoms. The zero-order chi connectivity index (χ0) is 17.8. The lowest BCUT2D eigenvalue weighted by atomic mass is 10.0. The van der Waals surface area contributed by atoms with Crippen molar-refractivity contribution in [3.8, 4) is 5.75 Å². The molecule has 2 aromatic carbocycles. The summed E-state index contributed by atoms with van der Waals surface area (Å²) in [6.07, 6.45) is 0. The number of aromatic nitrogens is 1. The van der Waals surface area contributed by atoms with Gasteiger partial charge in [0.05, 0.1) is 17.7 Å². The average Bonchev–Trinajstić information content (AvgIpc) is 2.61. The van der Waals surface area contributed by atoms with Gasteiger partial charge in [-0.05, 0) is 38.5 Å². The minimum atomic E-state index is -0.104. The van der Waals surface area contributed by atoms with Crippen LogP contribution < -0.4 is 10.1 Å². The van der Waals surface area contributed by atoms with Crippen molar-refractivity contribution in [2.45, 2.75) is 27.3 Å². The summed E-state index contributed by atoms with van der Waals surface area (Å²) in [5.74, 6) is 0.698. The lowest BCUT2D eigenvalue weighted by Crippen LogP contribution is -2.23. The smallest absolute Gasteiger partial charge is 0.252 e. The van der Waals surface area contributed by atoms with E-state index >= 15 is 0 Å². The van der Waals surface area contributed by atoms with Gasteiger partial charge in [-0.15, -0.1) is 0 Å². The number of amides is 1. The standard InChI is InChI=1S/C21H22N2O2/c1-4-25-19-11-6-5-9-16(19)13-22-21(24)18-12-15(3)23-20-14(2)8-7-10-17(18)20/h5-12H,4,13H2,1-3H3,(H,22,24). The van der Waals surface area contributed by atoms with Crippen LogP contribution in [0.4, 0.5) is 0 Å². The quantitative estimate of drug-likeness (QED) is 0.761. The van der Waals surface area contributed by atoms with E-state index in [-0.39, 0.29) is 5.91 Å². The van der Waals surface area contributed by atoms with Crippen molar-refractivity contribution in [2.75, 3.05) is 6.61 Å². The Hall–Kier alpha value is -2.88. The molecule has 3 rings (SSSR count). The van der Waals surface area contributed by atoms with Crippen molar-refractivity contribution < 1.29 is 9.53 Å². The van der Waals surface area contributed by atoms with E-state index in [4.69, 9.17) is 4.74 Å². The number of fused-ring (bicyclic) bond motifs is 1. The molecule has 25 heavy (non-hydrogen) atoms. The van der Waals surface area contributed by atoms with Crippen molar-refractivity contribution in [2.24, 2.45) is 0 Å². The number of benzene rings is 2. The van der Waals surface area contributed by atoms with Gasteiger partial charge in [-0.3, -0.25) is 9.78 Å². The van der Waals surface area contributed by atoms with Crippen LogP contribution in [0, 0.1) is 13.8 Å². The minimum absolute atomic E-state index is 0.104. The summed E-state index contributed by atoms with van der Waals surface area (Å²) in [6, 6.07) is 15.5. The predicted octanol–water partition coefficient (Wildman–Crippen LogP) is 4.18. The van der Waals surface area contributed by atoms with Gasteiger partial charge in [-0.1, -0.05) is 36.4 Å². The predicted molar refractivity (Wildman–Crippen MR) is 100.0 cm³/mol. The SMILES string of the molecule is CCOc1ccccc1CNC(=O)c1cc(C)nc2c(C)cccc12. The first-order valence-corrected chi connectivity index (χ1v) is 8.46. The second-order valence-electron chi connectivity index (χ2n) is 6.01. The van der Waals surface area contributed by atoms with Gasteiger partial charge < -0.3 is 10.1 Å². The topological polar surface area (TPSA) is 51.2 Å². The number of pyridine rings is 1. The van der Waals surface area contributed by atoms with Crippen molar-refractivity contribution in [3.63, 3.8) is 0 Å². The van der Waals surface area contributed by atoms with E-state index in [1.165, 1.54) is 0 Å². The number of rotatable bonds is 5. The average molecular weight is 334 g/mol. The van der Waals surface area contributed by atoms with Gasteiger partial charge in [0.2, 0.25) is 0 Å². The van der Waals surface area contributed by atoms with Gasteiger partial charge in [0.15, 0.2) is 0 Å². The first kappa shape index (κ1) is 17.0. The molecule has 3 aromatic rings. The first-order chi connectivity index (χ1) is 12.1. The third-order valence-electron chi connectivity index (χ3n) is 4.13. The van der Waals surface area contributed by atoms with E-state index in [1.807, 2.05) is 69.3 Å². The molecule has 1 amide bonds. The molecule has 0 atom stereocenters. The van der Waals surface area contributed by atoms with Crippen molar-refractivity contribution in [3.05, 3.63) is 70.9 Å². The summed E-state index contributed by atoms with van der Waals surface area (Å²) in [4.78, 5) is 17.4. The molecule has 0 spiro atoms. The highest BCUT2D eigenvalue weighted by Gasteiger charge is 2.13. The Labute approximate surface area is 147 Å². The molecule has 0 aliphatic heterocycles. The maximum absolute atomic E-state index is 12.8. The Balaban J connectivity index is 1.88. The fourth-order valence-electron chi connectivity index (χ4n) is 2.92. The van der Waals surface area contributed by atoms with Gasteiger partial charge in [0, 0.05) is 23.2 Å². The summed E-state index contributed by atoms with van der Waals surface area (Å²) in [5.41, 5.74) is 4.39. The van der Waals surface area contributed by atoms with E-state index < -0.39 is 0 Å². The zero-order valence-electron chi connectivity index (χ0n) is 14.8. The number of para-hydroxylation sites is 2. The molecule has 0 saturated carbocycles. The fourth-order valence-corrected chi connectivity index (χ4v) is 2.92. The number of carbonyl (C=O) groups is 1. The van der Waals surface area contributed by atoms with E-state index in [1.54, 1.807) is 0 Å². The highest BCUT2D eigenvalue weighted by molar-refractivity contribution is 6.06. The first-order valence-electron chi connectivity index (χ1n) is 8.46. The van der Waals surface area contributed by atoms with E-state index in [2.05, 4.69) is 10.3 Å². The number of aryl methyl sites for hydroxylation is 2. The van der Waals surface area contributed by atoms with Crippen LogP contribution in [0.25, 0.3) is 10.9 Å². The molecule has 0 aliphatic carbocycles. The third kappa shape index (κ3) is 3.63. The maximum Gasteiger partial charge on any atom is 0.252 e. The van der Waals surface area contributed by atoms with Crippen LogP contribution in [0.3, 0.4) is 0 Å². The number of carbonyl (C=O) groups excluding carboxylic acids is 1. The third-order valence-corrected chi connectivity index (χ3v) is 4.13. The maximum atomic E-state index is 12.8. The van der Waals surface area contributed by atoms with Crippen LogP contribution in [0.1, 0.15) is 34.1 Å². The molecule has 1 N–H and O–H groups in total. The Morgan fingerprint density at radius 3 is 2.72 bits per heavy atom. The Kier molecular flexibility index (Phi) is 4.98. The Morgan fingerprint density at radius 2 is 1.92 bits per heavy atom. The molecular weight excluding hydrogens is 312 g/mol. The molecule has 0 aliphatic rings. The summed E-state index contributed by atoms with van der Waals surface area (Å²) in [5, 5.41) is 3.88. The molecular formula is C21H22N2O2. The van der Waals surface area contributed by atoms with Crippen LogP contribution in [-0.2, 0) is 6.54 Å². The Bertz CT molecular complexity index is 919. The molecule has 0 unspecified atom stereocenters. The molecule has 1 aromatic heterocycles. The van der Waals surface area contributed by atoms with Crippen molar-refractivity contribution >= 4 is 16.8 Å². The normalized spacial score (nSPS) is 10.7. The summed E-state index contributed by atoms with van der Waals surface area (Å²) >= 11 is 0. The van der Waals surface area contributed by atoms with Crippen LogP contribution in [-0.4, -0.2) is 17.5 Å². The minimum Gasteiger partial charge on any atom is -0.494 e. The lowest BCUT2D eigenvalue weighted by molar-refractivity contribution is 0.0952. The second-order valence-corrected chi connectivity index (χ2v) is 6.01. The number of hydrogen-bond acceptors (Lipinski definition) is 3. The number of hydrogen-bond donors (Lipinski definition) is 1. The Morgan fingerprint density at radius 1 is 1.12 bits per heavy atom. The molecule has 1 heterocycles. The van der Waals surface area contributed by atoms with Crippen LogP contribution >= 0.6 is 0 Å². The van der Waals surface area contributed by atoms with Crippen molar-refractivity contribution in [1.82, 2.24) is 10.3 Å². The largest absolute Gasteiger partial charge is 0.494 e. The molecule has 0 bridgehead atoms. The number of ether oxygens (including phenoxy) is 1. The summed E-state index contributed by atoms with van der Waals surface area (Å²) in [7, 11) is 0. The highest BCUT2D eigenvalue weighted by atomic mass is 16.5. The molecule has 0 saturated heterocycles. The van der Waals surface area contributed by atoms with Gasteiger partial charge in [0.1, 0.15) is 5.75 Å². The van der Waals surface area contributed by atoms with Gasteiger partial charge in [0.25, 0.3) is 5.91 Å². The second kappa shape index (κ2) is 7.34. The molecule has 0 radical (unpaired) electrons. The van der Waals surface area contributed by atoms with Crippen LogP contribution in [0.15, 0.2) is 48.5 Å². The highest BCUT2D eigenvalue weighted by Crippen LogP contribution is 2.22. The summed E-state index contributed by atoms with van der Waals surface area (Å²) in [6.45, 7) is 6.88.